The average molecular weight is 290 g/mol. The largest absolute Gasteiger partial charge is 0.361 e. The topological polar surface area (TPSA) is 19.0 Å². The molecule has 2 aromatic carbocycles. The second-order valence-corrected chi connectivity index (χ2v) is 6.45. The van der Waals surface area contributed by atoms with Crippen LogP contribution in [0.3, 0.4) is 0 Å². The van der Waals surface area contributed by atoms with Crippen LogP contribution in [0.4, 0.5) is 0 Å². The Morgan fingerprint density at radius 1 is 0.955 bits per heavy atom. The minimum Gasteiger partial charge on any atom is -0.361 e. The van der Waals surface area contributed by atoms with Crippen LogP contribution in [-0.2, 0) is 0 Å². The normalized spacial score (nSPS) is 17.1. The molecule has 3 aromatic rings. The molecule has 2 heterocycles. The van der Waals surface area contributed by atoms with Gasteiger partial charge in [0, 0.05) is 17.1 Å². The Bertz CT molecular complexity index is 765. The molecule has 1 saturated heterocycles. The Balaban J connectivity index is 1.74. The molecule has 0 radical (unpaired) electrons. The fraction of sp³-hybridized carbons (Fsp3) is 0.300. The summed E-state index contributed by atoms with van der Waals surface area (Å²) in [4.78, 5) is 5.89. The molecule has 2 heteroatoms. The first kappa shape index (κ1) is 13.6. The second-order valence-electron chi connectivity index (χ2n) is 6.45. The van der Waals surface area contributed by atoms with E-state index in [1.807, 2.05) is 0 Å². The number of hydrogen-bond acceptors (Lipinski definition) is 1. The van der Waals surface area contributed by atoms with E-state index in [2.05, 4.69) is 71.7 Å². The molecule has 1 aromatic heterocycles. The maximum atomic E-state index is 3.46. The standard InChI is InChI=1S/C20H22N2/c1-22-11-9-16(10-12-22)19-14-21-20-8-7-17(13-18(19)20)15-5-3-2-4-6-15/h2-8,13-14,16,21H,9-12H2,1H3. The number of benzene rings is 2. The highest BCUT2D eigenvalue weighted by Gasteiger charge is 2.21. The van der Waals surface area contributed by atoms with Crippen LogP contribution >= 0.6 is 0 Å². The van der Waals surface area contributed by atoms with E-state index in [0.29, 0.717) is 5.92 Å². The lowest BCUT2D eigenvalue weighted by molar-refractivity contribution is 0.256. The van der Waals surface area contributed by atoms with E-state index in [4.69, 9.17) is 0 Å². The first-order chi connectivity index (χ1) is 10.8. The van der Waals surface area contributed by atoms with Gasteiger partial charge in [-0.1, -0.05) is 36.4 Å². The maximum absolute atomic E-state index is 3.46. The lowest BCUT2D eigenvalue weighted by Gasteiger charge is -2.28. The predicted molar refractivity (Wildman–Crippen MR) is 93.2 cm³/mol. The Hall–Kier alpha value is -2.06. The minimum absolute atomic E-state index is 0.691. The summed E-state index contributed by atoms with van der Waals surface area (Å²) < 4.78 is 0. The number of nitrogens with zero attached hydrogens (tertiary/aromatic N) is 1. The Labute approximate surface area is 131 Å². The predicted octanol–water partition coefficient (Wildman–Crippen LogP) is 4.64. The van der Waals surface area contributed by atoms with Crippen LogP contribution in [0.15, 0.2) is 54.7 Å². The SMILES string of the molecule is CN1CCC(c2c[nH]c3ccc(-c4ccccc4)cc23)CC1. The molecule has 1 N–H and O–H groups in total. The van der Waals surface area contributed by atoms with E-state index >= 15 is 0 Å². The Morgan fingerprint density at radius 2 is 1.73 bits per heavy atom. The van der Waals surface area contributed by atoms with Crippen molar-refractivity contribution < 1.29 is 0 Å². The Kier molecular flexibility index (Phi) is 3.47. The molecule has 112 valence electrons. The van der Waals surface area contributed by atoms with Crippen LogP contribution in [0.5, 0.6) is 0 Å². The highest BCUT2D eigenvalue weighted by Crippen LogP contribution is 2.34. The highest BCUT2D eigenvalue weighted by molar-refractivity contribution is 5.88. The number of aromatic nitrogens is 1. The third-order valence-electron chi connectivity index (χ3n) is 4.98. The summed E-state index contributed by atoms with van der Waals surface area (Å²) >= 11 is 0. The number of hydrogen-bond donors (Lipinski definition) is 1. The molecule has 0 amide bonds. The van der Waals surface area contributed by atoms with Crippen molar-refractivity contribution in [3.05, 3.63) is 60.3 Å². The van der Waals surface area contributed by atoms with E-state index in [0.717, 1.165) is 0 Å². The van der Waals surface area contributed by atoms with Gasteiger partial charge in [-0.05, 0) is 67.7 Å². The second kappa shape index (κ2) is 5.62. The molecule has 22 heavy (non-hydrogen) atoms. The van der Waals surface area contributed by atoms with Crippen molar-refractivity contribution in [2.24, 2.45) is 0 Å². The van der Waals surface area contributed by atoms with Gasteiger partial charge >= 0.3 is 0 Å². The van der Waals surface area contributed by atoms with Crippen molar-refractivity contribution in [3.8, 4) is 11.1 Å². The average Bonchev–Trinajstić information content (AvgIpc) is 2.99. The van der Waals surface area contributed by atoms with Gasteiger partial charge in [-0.3, -0.25) is 0 Å². The van der Waals surface area contributed by atoms with E-state index < -0.39 is 0 Å². The molecule has 0 atom stereocenters. The smallest absolute Gasteiger partial charge is 0.0457 e. The summed E-state index contributed by atoms with van der Waals surface area (Å²) in [7, 11) is 2.22. The molecule has 0 spiro atoms. The summed E-state index contributed by atoms with van der Waals surface area (Å²) in [5.74, 6) is 0.691. The molecule has 1 fully saturated rings. The van der Waals surface area contributed by atoms with Crippen molar-refractivity contribution in [2.45, 2.75) is 18.8 Å². The van der Waals surface area contributed by atoms with Crippen molar-refractivity contribution >= 4 is 10.9 Å². The van der Waals surface area contributed by atoms with Crippen LogP contribution < -0.4 is 0 Å². The number of H-pyrrole nitrogens is 1. The first-order valence-corrected chi connectivity index (χ1v) is 8.16. The van der Waals surface area contributed by atoms with Crippen LogP contribution in [0.25, 0.3) is 22.0 Å². The van der Waals surface area contributed by atoms with Gasteiger partial charge in [0.1, 0.15) is 0 Å². The van der Waals surface area contributed by atoms with E-state index in [1.54, 1.807) is 0 Å². The number of nitrogens with one attached hydrogen (secondary N) is 1. The van der Waals surface area contributed by atoms with Gasteiger partial charge in [0.2, 0.25) is 0 Å². The van der Waals surface area contributed by atoms with E-state index in [-0.39, 0.29) is 0 Å². The van der Waals surface area contributed by atoms with Crippen molar-refractivity contribution in [1.29, 1.82) is 0 Å². The fourth-order valence-electron chi connectivity index (χ4n) is 3.61. The number of piperidine rings is 1. The third-order valence-corrected chi connectivity index (χ3v) is 4.98. The summed E-state index contributed by atoms with van der Waals surface area (Å²) in [6, 6.07) is 17.4. The first-order valence-electron chi connectivity index (χ1n) is 8.16. The summed E-state index contributed by atoms with van der Waals surface area (Å²) in [6.07, 6.45) is 4.76. The Morgan fingerprint density at radius 3 is 2.50 bits per heavy atom. The summed E-state index contributed by atoms with van der Waals surface area (Å²) in [5, 5.41) is 1.40. The molecule has 1 aliphatic heterocycles. The number of likely N-dealkylation sites (tertiary alicyclic amines) is 1. The number of rotatable bonds is 2. The third kappa shape index (κ3) is 2.44. The van der Waals surface area contributed by atoms with Gasteiger partial charge in [0.15, 0.2) is 0 Å². The molecule has 2 nitrogen and oxygen atoms in total. The summed E-state index contributed by atoms with van der Waals surface area (Å²) in [5.41, 5.74) is 5.36. The monoisotopic (exact) mass is 290 g/mol. The van der Waals surface area contributed by atoms with Gasteiger partial charge in [-0.2, -0.15) is 0 Å². The zero-order valence-corrected chi connectivity index (χ0v) is 13.0. The lowest BCUT2D eigenvalue weighted by Crippen LogP contribution is -2.29. The molecule has 4 rings (SSSR count). The zero-order valence-electron chi connectivity index (χ0n) is 13.0. The van der Waals surface area contributed by atoms with Crippen molar-refractivity contribution in [1.82, 2.24) is 9.88 Å². The molecule has 0 aliphatic carbocycles. The van der Waals surface area contributed by atoms with E-state index in [9.17, 15) is 0 Å². The number of aromatic amines is 1. The van der Waals surface area contributed by atoms with Crippen LogP contribution in [0.2, 0.25) is 0 Å². The van der Waals surface area contributed by atoms with Crippen LogP contribution in [0.1, 0.15) is 24.3 Å². The van der Waals surface area contributed by atoms with Crippen LogP contribution in [0, 0.1) is 0 Å². The molecule has 0 unspecified atom stereocenters. The fourth-order valence-corrected chi connectivity index (χ4v) is 3.61. The van der Waals surface area contributed by atoms with Gasteiger partial charge in [-0.15, -0.1) is 0 Å². The molecule has 1 aliphatic rings. The van der Waals surface area contributed by atoms with Crippen molar-refractivity contribution in [3.63, 3.8) is 0 Å². The maximum Gasteiger partial charge on any atom is 0.0457 e. The van der Waals surface area contributed by atoms with E-state index in [1.165, 1.54) is 53.5 Å². The van der Waals surface area contributed by atoms with Gasteiger partial charge < -0.3 is 9.88 Å². The zero-order chi connectivity index (χ0) is 14.9. The highest BCUT2D eigenvalue weighted by atomic mass is 15.1. The number of fused-ring (bicyclic) bond motifs is 1. The van der Waals surface area contributed by atoms with Crippen molar-refractivity contribution in [2.75, 3.05) is 20.1 Å². The van der Waals surface area contributed by atoms with Crippen LogP contribution in [-0.4, -0.2) is 30.0 Å². The molecule has 0 bridgehead atoms. The minimum atomic E-state index is 0.691. The molecular formula is C20H22N2. The molecule has 0 saturated carbocycles. The van der Waals surface area contributed by atoms with Gasteiger partial charge in [0.25, 0.3) is 0 Å². The van der Waals surface area contributed by atoms with Gasteiger partial charge in [-0.25, -0.2) is 0 Å². The van der Waals surface area contributed by atoms with Gasteiger partial charge in [0.05, 0.1) is 0 Å². The summed E-state index contributed by atoms with van der Waals surface area (Å²) in [6.45, 7) is 2.41. The quantitative estimate of drug-likeness (QED) is 0.728. The lowest BCUT2D eigenvalue weighted by atomic mass is 9.89. The molecular weight excluding hydrogens is 268 g/mol.